The molecule has 0 saturated carbocycles. The fourth-order valence-electron chi connectivity index (χ4n) is 1.86. The van der Waals surface area contributed by atoms with Crippen molar-refractivity contribution >= 4 is 11.7 Å². The van der Waals surface area contributed by atoms with Crippen LogP contribution in [0.15, 0.2) is 24.3 Å². The number of ether oxygens (including phenoxy) is 1. The number of aromatic nitrogens is 2. The van der Waals surface area contributed by atoms with Gasteiger partial charge in [-0.1, -0.05) is 11.6 Å². The van der Waals surface area contributed by atoms with Crippen molar-refractivity contribution in [3.05, 3.63) is 46.8 Å². The molecule has 0 aliphatic carbocycles. The monoisotopic (exact) mass is 259 g/mol. The van der Waals surface area contributed by atoms with Crippen LogP contribution in [-0.2, 0) is 18.4 Å². The van der Waals surface area contributed by atoms with Gasteiger partial charge in [0.1, 0.15) is 6.61 Å². The lowest BCUT2D eigenvalue weighted by Crippen LogP contribution is -2.10. The number of aryl methyl sites for hydroxylation is 3. The van der Waals surface area contributed by atoms with Crippen molar-refractivity contribution < 1.29 is 9.53 Å². The van der Waals surface area contributed by atoms with E-state index >= 15 is 0 Å². The van der Waals surface area contributed by atoms with E-state index in [2.05, 4.69) is 5.10 Å². The molecule has 2 rings (SSSR count). The first-order valence-corrected chi connectivity index (χ1v) is 6.00. The zero-order valence-electron chi connectivity index (χ0n) is 11.3. The molecule has 0 fully saturated rings. The van der Waals surface area contributed by atoms with Gasteiger partial charge in [-0.25, -0.2) is 4.79 Å². The van der Waals surface area contributed by atoms with Gasteiger partial charge in [-0.2, -0.15) is 5.10 Å². The van der Waals surface area contributed by atoms with Gasteiger partial charge < -0.3 is 10.5 Å². The van der Waals surface area contributed by atoms with E-state index in [1.807, 2.05) is 33.0 Å². The largest absolute Gasteiger partial charge is 0.456 e. The Hall–Kier alpha value is -2.30. The Balaban J connectivity index is 2.09. The van der Waals surface area contributed by atoms with Crippen molar-refractivity contribution in [3.63, 3.8) is 0 Å². The van der Waals surface area contributed by atoms with Crippen LogP contribution in [0.2, 0.25) is 0 Å². The highest BCUT2D eigenvalue weighted by Crippen LogP contribution is 2.16. The van der Waals surface area contributed by atoms with Crippen LogP contribution in [0, 0.1) is 13.8 Å². The lowest BCUT2D eigenvalue weighted by atomic mass is 10.1. The van der Waals surface area contributed by atoms with Gasteiger partial charge in [-0.15, -0.1) is 0 Å². The van der Waals surface area contributed by atoms with E-state index in [0.29, 0.717) is 11.3 Å². The Morgan fingerprint density at radius 1 is 1.37 bits per heavy atom. The van der Waals surface area contributed by atoms with Gasteiger partial charge in [-0.05, 0) is 32.0 Å². The first-order chi connectivity index (χ1) is 8.97. The maximum atomic E-state index is 12.0. The molecule has 5 nitrogen and oxygen atoms in total. The number of esters is 1. The molecular formula is C14H17N3O2. The summed E-state index contributed by atoms with van der Waals surface area (Å²) in [7, 11) is 1.82. The van der Waals surface area contributed by atoms with Crippen LogP contribution < -0.4 is 5.73 Å². The predicted octanol–water partition coefficient (Wildman–Crippen LogP) is 1.98. The van der Waals surface area contributed by atoms with Crippen LogP contribution >= 0.6 is 0 Å². The molecule has 0 spiro atoms. The Bertz CT molecular complexity index is 617. The molecule has 0 aliphatic heterocycles. The normalized spacial score (nSPS) is 10.5. The number of hydrogen-bond acceptors (Lipinski definition) is 4. The molecule has 100 valence electrons. The van der Waals surface area contributed by atoms with Gasteiger partial charge in [0.25, 0.3) is 0 Å². The summed E-state index contributed by atoms with van der Waals surface area (Å²) in [4.78, 5) is 12.0. The first kappa shape index (κ1) is 13.1. The smallest absolute Gasteiger partial charge is 0.340 e. The molecule has 1 aromatic carbocycles. The van der Waals surface area contributed by atoms with Crippen LogP contribution in [0.25, 0.3) is 0 Å². The van der Waals surface area contributed by atoms with Crippen molar-refractivity contribution in [2.24, 2.45) is 7.05 Å². The standard InChI is InChI=1S/C14H17N3O2/c1-9-4-5-13(15)12(6-9)14(18)19-8-11-7-10(2)16-17(11)3/h4-7H,8,15H2,1-3H3. The average Bonchev–Trinajstić information content (AvgIpc) is 2.68. The molecule has 0 radical (unpaired) electrons. The number of nitrogen functional groups attached to an aromatic ring is 1. The summed E-state index contributed by atoms with van der Waals surface area (Å²) in [6.07, 6.45) is 0. The zero-order chi connectivity index (χ0) is 14.0. The van der Waals surface area contributed by atoms with E-state index in [9.17, 15) is 4.79 Å². The molecular weight excluding hydrogens is 242 g/mol. The van der Waals surface area contributed by atoms with Crippen molar-refractivity contribution in [1.29, 1.82) is 0 Å². The molecule has 5 heteroatoms. The van der Waals surface area contributed by atoms with Crippen LogP contribution in [0.3, 0.4) is 0 Å². The highest BCUT2D eigenvalue weighted by molar-refractivity contribution is 5.95. The molecule has 0 bridgehead atoms. The molecule has 2 N–H and O–H groups in total. The summed E-state index contributed by atoms with van der Waals surface area (Å²) in [5.74, 6) is -0.417. The number of nitrogens with two attached hydrogens (primary N) is 1. The Kier molecular flexibility index (Phi) is 3.55. The fraction of sp³-hybridized carbons (Fsp3) is 0.286. The SMILES string of the molecule is Cc1ccc(N)c(C(=O)OCc2cc(C)nn2C)c1. The number of nitrogens with zero attached hydrogens (tertiary/aromatic N) is 2. The van der Waals surface area contributed by atoms with E-state index in [4.69, 9.17) is 10.5 Å². The van der Waals surface area contributed by atoms with E-state index in [0.717, 1.165) is 17.0 Å². The summed E-state index contributed by atoms with van der Waals surface area (Å²) in [5, 5.41) is 4.19. The maximum Gasteiger partial charge on any atom is 0.340 e. The second-order valence-corrected chi connectivity index (χ2v) is 4.57. The van der Waals surface area contributed by atoms with Crippen LogP contribution in [0.5, 0.6) is 0 Å². The number of benzene rings is 1. The Morgan fingerprint density at radius 2 is 2.11 bits per heavy atom. The topological polar surface area (TPSA) is 70.1 Å². The fourth-order valence-corrected chi connectivity index (χ4v) is 1.86. The first-order valence-electron chi connectivity index (χ1n) is 6.00. The van der Waals surface area contributed by atoms with Crippen LogP contribution in [-0.4, -0.2) is 15.7 Å². The minimum Gasteiger partial charge on any atom is -0.456 e. The Morgan fingerprint density at radius 3 is 2.74 bits per heavy atom. The van der Waals surface area contributed by atoms with Crippen molar-refractivity contribution in [2.75, 3.05) is 5.73 Å². The van der Waals surface area contributed by atoms with E-state index in [1.54, 1.807) is 16.8 Å². The minimum absolute atomic E-state index is 0.184. The summed E-state index contributed by atoms with van der Waals surface area (Å²) in [5.41, 5.74) is 9.31. The zero-order valence-corrected chi connectivity index (χ0v) is 11.3. The van der Waals surface area contributed by atoms with Crippen molar-refractivity contribution in [1.82, 2.24) is 9.78 Å². The van der Waals surface area contributed by atoms with E-state index < -0.39 is 5.97 Å². The number of anilines is 1. The molecule has 1 heterocycles. The summed E-state index contributed by atoms with van der Waals surface area (Å²) in [6.45, 7) is 3.98. The molecule has 0 amide bonds. The van der Waals surface area contributed by atoms with Crippen LogP contribution in [0.4, 0.5) is 5.69 Å². The molecule has 0 unspecified atom stereocenters. The maximum absolute atomic E-state index is 12.0. The third-order valence-electron chi connectivity index (χ3n) is 2.88. The van der Waals surface area contributed by atoms with Gasteiger partial charge >= 0.3 is 5.97 Å². The molecule has 0 atom stereocenters. The lowest BCUT2D eigenvalue weighted by Gasteiger charge is -2.08. The Labute approximate surface area is 112 Å². The van der Waals surface area contributed by atoms with Crippen LogP contribution in [0.1, 0.15) is 27.3 Å². The van der Waals surface area contributed by atoms with Gasteiger partial charge in [0.05, 0.1) is 17.0 Å². The third-order valence-corrected chi connectivity index (χ3v) is 2.88. The predicted molar refractivity (Wildman–Crippen MR) is 72.7 cm³/mol. The van der Waals surface area contributed by atoms with E-state index in [1.165, 1.54) is 0 Å². The molecule has 2 aromatic rings. The van der Waals surface area contributed by atoms with Gasteiger partial charge in [0, 0.05) is 12.7 Å². The number of carbonyl (C=O) groups excluding carboxylic acids is 1. The molecule has 0 aliphatic rings. The summed E-state index contributed by atoms with van der Waals surface area (Å²) >= 11 is 0. The average molecular weight is 259 g/mol. The third kappa shape index (κ3) is 2.93. The number of carbonyl (C=O) groups is 1. The van der Waals surface area contributed by atoms with Gasteiger partial charge in [-0.3, -0.25) is 4.68 Å². The number of rotatable bonds is 3. The summed E-state index contributed by atoms with van der Waals surface area (Å²) < 4.78 is 6.96. The quantitative estimate of drug-likeness (QED) is 0.676. The lowest BCUT2D eigenvalue weighted by molar-refractivity contribution is 0.0464. The van der Waals surface area contributed by atoms with E-state index in [-0.39, 0.29) is 6.61 Å². The highest BCUT2D eigenvalue weighted by atomic mass is 16.5. The second kappa shape index (κ2) is 5.14. The molecule has 0 saturated heterocycles. The molecule has 1 aromatic heterocycles. The highest BCUT2D eigenvalue weighted by Gasteiger charge is 2.12. The molecule has 19 heavy (non-hydrogen) atoms. The second-order valence-electron chi connectivity index (χ2n) is 4.57. The van der Waals surface area contributed by atoms with Gasteiger partial charge in [0.15, 0.2) is 0 Å². The van der Waals surface area contributed by atoms with Crippen molar-refractivity contribution in [2.45, 2.75) is 20.5 Å². The minimum atomic E-state index is -0.417. The number of hydrogen-bond donors (Lipinski definition) is 1. The van der Waals surface area contributed by atoms with Crippen molar-refractivity contribution in [3.8, 4) is 0 Å². The summed E-state index contributed by atoms with van der Waals surface area (Å²) in [6, 6.07) is 7.18. The van der Waals surface area contributed by atoms with Gasteiger partial charge in [0.2, 0.25) is 0 Å².